The lowest BCUT2D eigenvalue weighted by Gasteiger charge is -2.12. The summed E-state index contributed by atoms with van der Waals surface area (Å²) in [4.78, 5) is 0. The van der Waals surface area contributed by atoms with Crippen LogP contribution in [0.25, 0.3) is 0 Å². The highest BCUT2D eigenvalue weighted by Gasteiger charge is 2.03. The minimum absolute atomic E-state index is 0.179. The molecule has 0 aliphatic rings. The van der Waals surface area contributed by atoms with Crippen LogP contribution in [0, 0.1) is 23.7 Å². The van der Waals surface area contributed by atoms with E-state index in [9.17, 15) is 0 Å². The highest BCUT2D eigenvalue weighted by atomic mass is 16.7. The Morgan fingerprint density at radius 1 is 1.00 bits per heavy atom. The van der Waals surface area contributed by atoms with Crippen LogP contribution in [0.15, 0.2) is 0 Å². The molecule has 0 aromatic carbocycles. The topological polar surface area (TPSA) is 18.5 Å². The van der Waals surface area contributed by atoms with Gasteiger partial charge in [-0.15, -0.1) is 11.8 Å². The van der Waals surface area contributed by atoms with Gasteiger partial charge in [0.25, 0.3) is 0 Å². The molecule has 0 amide bonds. The molecule has 0 unspecified atom stereocenters. The Kier molecular flexibility index (Phi) is 8.46. The molecular formula is C11H16O2. The van der Waals surface area contributed by atoms with Crippen LogP contribution in [0.1, 0.15) is 27.2 Å². The van der Waals surface area contributed by atoms with Gasteiger partial charge in [0.2, 0.25) is 0 Å². The summed E-state index contributed by atoms with van der Waals surface area (Å²) in [6.45, 7) is 6.42. The second-order valence-corrected chi connectivity index (χ2v) is 2.31. The third kappa shape index (κ3) is 7.40. The molecule has 72 valence electrons. The van der Waals surface area contributed by atoms with E-state index >= 15 is 0 Å². The van der Waals surface area contributed by atoms with Gasteiger partial charge in [-0.3, -0.25) is 0 Å². The van der Waals surface area contributed by atoms with E-state index in [1.165, 1.54) is 0 Å². The molecule has 0 heterocycles. The van der Waals surface area contributed by atoms with Gasteiger partial charge in [-0.25, -0.2) is 0 Å². The van der Waals surface area contributed by atoms with Crippen LogP contribution >= 0.6 is 0 Å². The Morgan fingerprint density at radius 3 is 1.77 bits per heavy atom. The molecule has 0 bridgehead atoms. The molecule has 0 radical (unpaired) electrons. The quantitative estimate of drug-likeness (QED) is 0.474. The summed E-state index contributed by atoms with van der Waals surface area (Å²) in [6.07, 6.45) is 0.637. The number of rotatable bonds is 5. The van der Waals surface area contributed by atoms with Crippen LogP contribution in [0.5, 0.6) is 0 Å². The first-order valence-corrected chi connectivity index (χ1v) is 4.37. The molecule has 0 atom stereocenters. The lowest BCUT2D eigenvalue weighted by Crippen LogP contribution is -2.16. The monoisotopic (exact) mass is 180 g/mol. The van der Waals surface area contributed by atoms with E-state index in [4.69, 9.17) is 9.47 Å². The summed E-state index contributed by atoms with van der Waals surface area (Å²) in [5, 5.41) is 0. The van der Waals surface area contributed by atoms with Gasteiger partial charge in [-0.1, -0.05) is 18.8 Å². The first-order valence-electron chi connectivity index (χ1n) is 4.37. The van der Waals surface area contributed by atoms with Crippen LogP contribution in [0.3, 0.4) is 0 Å². The Bertz CT molecular complexity index is 200. The highest BCUT2D eigenvalue weighted by molar-refractivity contribution is 4.95. The summed E-state index contributed by atoms with van der Waals surface area (Å²) >= 11 is 0. The molecule has 0 aliphatic carbocycles. The molecule has 13 heavy (non-hydrogen) atoms. The van der Waals surface area contributed by atoms with E-state index in [0.717, 1.165) is 6.42 Å². The van der Waals surface area contributed by atoms with Crippen molar-refractivity contribution in [1.82, 2.24) is 0 Å². The summed E-state index contributed by atoms with van der Waals surface area (Å²) in [7, 11) is 0. The normalized spacial score (nSPS) is 8.62. The van der Waals surface area contributed by atoms with Crippen LogP contribution < -0.4 is 0 Å². The molecule has 0 N–H and O–H groups in total. The molecular weight excluding hydrogens is 164 g/mol. The second kappa shape index (κ2) is 9.13. The molecule has 0 fully saturated rings. The molecule has 0 rings (SSSR count). The largest absolute Gasteiger partial charge is 0.340 e. The maximum atomic E-state index is 5.31. The van der Waals surface area contributed by atoms with Crippen LogP contribution in [0.2, 0.25) is 0 Å². The first-order chi connectivity index (χ1) is 6.35. The van der Waals surface area contributed by atoms with Gasteiger partial charge < -0.3 is 9.47 Å². The maximum absolute atomic E-state index is 5.31. The third-order valence-electron chi connectivity index (χ3n) is 1.37. The third-order valence-corrected chi connectivity index (χ3v) is 1.37. The molecule has 0 aromatic rings. The van der Waals surface area contributed by atoms with E-state index in [1.807, 2.05) is 6.92 Å². The van der Waals surface area contributed by atoms with E-state index in [0.29, 0.717) is 13.2 Å². The molecule has 0 saturated heterocycles. The molecule has 2 nitrogen and oxygen atoms in total. The lowest BCUT2D eigenvalue weighted by molar-refractivity contribution is -0.124. The number of ether oxygens (including phenoxy) is 2. The van der Waals surface area contributed by atoms with Crippen molar-refractivity contribution in [2.24, 2.45) is 0 Å². The molecule has 0 spiro atoms. The zero-order chi connectivity index (χ0) is 9.94. The van der Waals surface area contributed by atoms with Gasteiger partial charge >= 0.3 is 0 Å². The van der Waals surface area contributed by atoms with Crippen molar-refractivity contribution in [2.75, 3.05) is 13.2 Å². The van der Waals surface area contributed by atoms with Crippen molar-refractivity contribution in [1.29, 1.82) is 0 Å². The zero-order valence-electron chi connectivity index (χ0n) is 8.52. The van der Waals surface area contributed by atoms with Crippen molar-refractivity contribution in [3.05, 3.63) is 0 Å². The van der Waals surface area contributed by atoms with Gasteiger partial charge in [-0.2, -0.15) is 0 Å². The Balaban J connectivity index is 3.58. The Morgan fingerprint density at radius 2 is 1.46 bits per heavy atom. The van der Waals surface area contributed by atoms with Crippen LogP contribution in [-0.2, 0) is 9.47 Å². The standard InChI is InChI=1S/C11H16O2/c1-4-7-9-12-11(6-3)13-10-8-5-2/h11H,6,9-10H2,1-3H3. The summed E-state index contributed by atoms with van der Waals surface area (Å²) < 4.78 is 10.6. The fraction of sp³-hybridized carbons (Fsp3) is 0.636. The summed E-state index contributed by atoms with van der Waals surface area (Å²) in [5.41, 5.74) is 0. The van der Waals surface area contributed by atoms with Crippen molar-refractivity contribution in [3.8, 4) is 23.7 Å². The Labute approximate surface area is 80.6 Å². The van der Waals surface area contributed by atoms with Crippen molar-refractivity contribution in [3.63, 3.8) is 0 Å². The highest BCUT2D eigenvalue weighted by Crippen LogP contribution is 1.98. The van der Waals surface area contributed by atoms with Crippen LogP contribution in [-0.4, -0.2) is 19.5 Å². The summed E-state index contributed by atoms with van der Waals surface area (Å²) in [5.74, 6) is 11.1. The predicted octanol–water partition coefficient (Wildman–Crippen LogP) is 1.80. The van der Waals surface area contributed by atoms with E-state index in [2.05, 4.69) is 23.7 Å². The van der Waals surface area contributed by atoms with Gasteiger partial charge in [0, 0.05) is 0 Å². The molecule has 0 saturated carbocycles. The Hall–Kier alpha value is -0.960. The zero-order valence-corrected chi connectivity index (χ0v) is 8.52. The minimum Gasteiger partial charge on any atom is -0.340 e. The average molecular weight is 180 g/mol. The number of hydrogen-bond donors (Lipinski definition) is 0. The summed E-state index contributed by atoms with van der Waals surface area (Å²) in [6, 6.07) is 0. The molecule has 0 aliphatic heterocycles. The minimum atomic E-state index is -0.179. The van der Waals surface area contributed by atoms with Gasteiger partial charge in [0.15, 0.2) is 6.29 Å². The second-order valence-electron chi connectivity index (χ2n) is 2.31. The lowest BCUT2D eigenvalue weighted by atomic mass is 10.4. The maximum Gasteiger partial charge on any atom is 0.159 e. The first kappa shape index (κ1) is 12.0. The van der Waals surface area contributed by atoms with Crippen molar-refractivity contribution in [2.45, 2.75) is 33.5 Å². The van der Waals surface area contributed by atoms with E-state index < -0.39 is 0 Å². The van der Waals surface area contributed by atoms with E-state index in [-0.39, 0.29) is 6.29 Å². The molecule has 2 heteroatoms. The van der Waals surface area contributed by atoms with E-state index in [1.54, 1.807) is 13.8 Å². The molecule has 0 aromatic heterocycles. The van der Waals surface area contributed by atoms with Crippen LogP contribution in [0.4, 0.5) is 0 Å². The van der Waals surface area contributed by atoms with Crippen molar-refractivity contribution >= 4 is 0 Å². The number of hydrogen-bond acceptors (Lipinski definition) is 2. The smallest absolute Gasteiger partial charge is 0.159 e. The van der Waals surface area contributed by atoms with Gasteiger partial charge in [0.1, 0.15) is 13.2 Å². The fourth-order valence-corrected chi connectivity index (χ4v) is 0.697. The average Bonchev–Trinajstić information content (AvgIpc) is 2.16. The van der Waals surface area contributed by atoms with Gasteiger partial charge in [-0.05, 0) is 20.3 Å². The van der Waals surface area contributed by atoms with Crippen molar-refractivity contribution < 1.29 is 9.47 Å². The SMILES string of the molecule is CC#CCOC(CC)OCC#CC. The predicted molar refractivity (Wildman–Crippen MR) is 52.9 cm³/mol. The van der Waals surface area contributed by atoms with Gasteiger partial charge in [0.05, 0.1) is 0 Å². The fourth-order valence-electron chi connectivity index (χ4n) is 0.697.